The van der Waals surface area contributed by atoms with Crippen LogP contribution in [0.25, 0.3) is 0 Å². The second kappa shape index (κ2) is 10.8. The van der Waals surface area contributed by atoms with Gasteiger partial charge in [0.05, 0.1) is 20.8 Å². The summed E-state index contributed by atoms with van der Waals surface area (Å²) in [6, 6.07) is 6.05. The van der Waals surface area contributed by atoms with Crippen molar-refractivity contribution in [1.82, 2.24) is 20.1 Å². The van der Waals surface area contributed by atoms with Gasteiger partial charge in [-0.1, -0.05) is 12.1 Å². The fourth-order valence-corrected chi connectivity index (χ4v) is 2.86. The first kappa shape index (κ1) is 22.7. The smallest absolute Gasteiger partial charge is 0.273 e. The zero-order valence-corrected chi connectivity index (χ0v) is 18.2. The second-order valence-electron chi connectivity index (χ2n) is 7.34. The highest BCUT2D eigenvalue weighted by Gasteiger charge is 2.19. The van der Waals surface area contributed by atoms with Crippen LogP contribution in [0.2, 0.25) is 0 Å². The maximum atomic E-state index is 12.2. The van der Waals surface area contributed by atoms with E-state index in [0.717, 1.165) is 12.1 Å². The molecule has 2 rings (SSSR count). The van der Waals surface area contributed by atoms with Crippen LogP contribution in [0.15, 0.2) is 28.9 Å². The van der Waals surface area contributed by atoms with Gasteiger partial charge >= 0.3 is 0 Å². The van der Waals surface area contributed by atoms with E-state index >= 15 is 0 Å². The van der Waals surface area contributed by atoms with Crippen LogP contribution in [0.1, 0.15) is 35.8 Å². The molecule has 0 aliphatic rings. The van der Waals surface area contributed by atoms with Crippen LogP contribution < -0.4 is 14.8 Å². The van der Waals surface area contributed by atoms with Crippen LogP contribution in [0.4, 0.5) is 0 Å². The number of hydrogen-bond acceptors (Lipinski definition) is 7. The third kappa shape index (κ3) is 6.47. The van der Waals surface area contributed by atoms with Crippen molar-refractivity contribution in [3.05, 3.63) is 41.6 Å². The molecule has 1 amide bonds. The lowest BCUT2D eigenvalue weighted by atomic mass is 10.1. The molecular weight excluding hydrogens is 372 g/mol. The average Bonchev–Trinajstić information content (AvgIpc) is 3.15. The molecule has 0 spiro atoms. The van der Waals surface area contributed by atoms with E-state index in [1.54, 1.807) is 14.2 Å². The lowest BCUT2D eigenvalue weighted by Gasteiger charge is -2.26. The van der Waals surface area contributed by atoms with Crippen LogP contribution in [0.3, 0.4) is 0 Å². The molecule has 0 saturated carbocycles. The summed E-state index contributed by atoms with van der Waals surface area (Å²) in [5.74, 6) is 1.68. The molecule has 160 valence electrons. The second-order valence-corrected chi connectivity index (χ2v) is 7.34. The number of amides is 1. The standard InChI is InChI=1S/C21H32N4O4/c1-15(2)25(12-16-8-7-9-18(27-5)20(16)28-6)13-19-23-17(14-29-19)21(26)22-10-11-24(3)4/h7-9,14-15H,10-13H2,1-6H3,(H,22,26). The van der Waals surface area contributed by atoms with E-state index in [2.05, 4.69) is 29.0 Å². The third-order valence-electron chi connectivity index (χ3n) is 4.56. The molecule has 0 bridgehead atoms. The fraction of sp³-hybridized carbons (Fsp3) is 0.524. The Labute approximate surface area is 172 Å². The van der Waals surface area contributed by atoms with Crippen LogP contribution >= 0.6 is 0 Å². The van der Waals surface area contributed by atoms with Crippen molar-refractivity contribution >= 4 is 5.91 Å². The molecule has 1 aromatic heterocycles. The van der Waals surface area contributed by atoms with E-state index in [-0.39, 0.29) is 11.9 Å². The number of likely N-dealkylation sites (N-methyl/N-ethyl adjacent to an activating group) is 1. The molecule has 0 radical (unpaired) electrons. The van der Waals surface area contributed by atoms with Gasteiger partial charge in [-0.2, -0.15) is 0 Å². The van der Waals surface area contributed by atoms with E-state index in [1.165, 1.54) is 6.26 Å². The zero-order valence-electron chi connectivity index (χ0n) is 18.2. The van der Waals surface area contributed by atoms with E-state index in [1.807, 2.05) is 37.2 Å². The molecule has 8 heteroatoms. The van der Waals surface area contributed by atoms with Gasteiger partial charge in [-0.3, -0.25) is 9.69 Å². The van der Waals surface area contributed by atoms with Gasteiger partial charge in [-0.15, -0.1) is 0 Å². The Kier molecular flexibility index (Phi) is 8.48. The number of oxazole rings is 1. The lowest BCUT2D eigenvalue weighted by molar-refractivity contribution is 0.0946. The summed E-state index contributed by atoms with van der Waals surface area (Å²) in [5, 5.41) is 2.84. The number of carbonyl (C=O) groups excluding carboxylic acids is 1. The van der Waals surface area contributed by atoms with Crippen molar-refractivity contribution in [3.63, 3.8) is 0 Å². The average molecular weight is 405 g/mol. The molecule has 8 nitrogen and oxygen atoms in total. The molecular formula is C21H32N4O4. The van der Waals surface area contributed by atoms with Gasteiger partial charge in [-0.25, -0.2) is 4.98 Å². The van der Waals surface area contributed by atoms with Gasteiger partial charge in [0.25, 0.3) is 5.91 Å². The number of rotatable bonds is 11. The van der Waals surface area contributed by atoms with Crippen molar-refractivity contribution in [2.24, 2.45) is 0 Å². The quantitative estimate of drug-likeness (QED) is 0.616. The molecule has 0 atom stereocenters. The van der Waals surface area contributed by atoms with Crippen LogP contribution in [0, 0.1) is 0 Å². The minimum absolute atomic E-state index is 0.229. The Morgan fingerprint density at radius 3 is 2.59 bits per heavy atom. The number of ether oxygens (including phenoxy) is 2. The molecule has 1 heterocycles. The first-order valence-corrected chi connectivity index (χ1v) is 9.67. The Bertz CT molecular complexity index is 789. The van der Waals surface area contributed by atoms with Gasteiger partial charge < -0.3 is 24.1 Å². The molecule has 29 heavy (non-hydrogen) atoms. The number of nitrogens with zero attached hydrogens (tertiary/aromatic N) is 3. The molecule has 2 aromatic rings. The van der Waals surface area contributed by atoms with E-state index in [0.29, 0.717) is 42.7 Å². The summed E-state index contributed by atoms with van der Waals surface area (Å²) in [6.45, 7) is 6.63. The highest BCUT2D eigenvalue weighted by molar-refractivity contribution is 5.91. The van der Waals surface area contributed by atoms with Gasteiger partial charge in [-0.05, 0) is 34.0 Å². The number of nitrogens with one attached hydrogen (secondary N) is 1. The number of para-hydroxylation sites is 1. The lowest BCUT2D eigenvalue weighted by Crippen LogP contribution is -2.32. The summed E-state index contributed by atoms with van der Waals surface area (Å²) in [6.07, 6.45) is 1.41. The molecule has 0 aliphatic carbocycles. The van der Waals surface area contributed by atoms with Gasteiger partial charge in [0.15, 0.2) is 17.2 Å². The predicted molar refractivity (Wildman–Crippen MR) is 111 cm³/mol. The number of aromatic nitrogens is 1. The summed E-state index contributed by atoms with van der Waals surface area (Å²) in [4.78, 5) is 20.8. The molecule has 0 fully saturated rings. The number of benzene rings is 1. The number of hydrogen-bond donors (Lipinski definition) is 1. The van der Waals surface area contributed by atoms with Crippen molar-refractivity contribution in [3.8, 4) is 11.5 Å². The monoisotopic (exact) mass is 404 g/mol. The first-order valence-electron chi connectivity index (χ1n) is 9.67. The highest BCUT2D eigenvalue weighted by atomic mass is 16.5. The Morgan fingerprint density at radius 2 is 1.97 bits per heavy atom. The Hall–Kier alpha value is -2.58. The molecule has 0 aliphatic heterocycles. The first-order chi connectivity index (χ1) is 13.8. The van der Waals surface area contributed by atoms with Crippen LogP contribution in [-0.2, 0) is 13.1 Å². The molecule has 1 N–H and O–H groups in total. The van der Waals surface area contributed by atoms with E-state index in [4.69, 9.17) is 13.9 Å². The van der Waals surface area contributed by atoms with Crippen molar-refractivity contribution in [1.29, 1.82) is 0 Å². The highest BCUT2D eigenvalue weighted by Crippen LogP contribution is 2.32. The molecule has 0 saturated heterocycles. The topological polar surface area (TPSA) is 80.1 Å². The fourth-order valence-electron chi connectivity index (χ4n) is 2.86. The van der Waals surface area contributed by atoms with E-state index in [9.17, 15) is 4.79 Å². The Morgan fingerprint density at radius 1 is 1.21 bits per heavy atom. The summed E-state index contributed by atoms with van der Waals surface area (Å²) >= 11 is 0. The Balaban J connectivity index is 2.07. The summed E-state index contributed by atoms with van der Waals surface area (Å²) < 4.78 is 16.5. The van der Waals surface area contributed by atoms with Crippen LogP contribution in [-0.4, -0.2) is 68.1 Å². The third-order valence-corrected chi connectivity index (χ3v) is 4.56. The molecule has 0 unspecified atom stereocenters. The number of methoxy groups -OCH3 is 2. The normalized spacial score (nSPS) is 11.3. The van der Waals surface area contributed by atoms with Gasteiger partial charge in [0.1, 0.15) is 6.26 Å². The summed E-state index contributed by atoms with van der Waals surface area (Å²) in [7, 11) is 7.17. The van der Waals surface area contributed by atoms with Crippen molar-refractivity contribution in [2.45, 2.75) is 33.0 Å². The van der Waals surface area contributed by atoms with E-state index < -0.39 is 0 Å². The maximum Gasteiger partial charge on any atom is 0.273 e. The number of carbonyl (C=O) groups is 1. The zero-order chi connectivity index (χ0) is 21.4. The predicted octanol–water partition coefficient (Wildman–Crippen LogP) is 2.39. The summed E-state index contributed by atoms with van der Waals surface area (Å²) in [5.41, 5.74) is 1.30. The van der Waals surface area contributed by atoms with Crippen molar-refractivity contribution in [2.75, 3.05) is 41.4 Å². The maximum absolute atomic E-state index is 12.2. The van der Waals surface area contributed by atoms with Crippen LogP contribution in [0.5, 0.6) is 11.5 Å². The minimum atomic E-state index is -0.229. The largest absolute Gasteiger partial charge is 0.493 e. The van der Waals surface area contributed by atoms with Crippen molar-refractivity contribution < 1.29 is 18.7 Å². The van der Waals surface area contributed by atoms with Gasteiger partial charge in [0.2, 0.25) is 5.89 Å². The van der Waals surface area contributed by atoms with Gasteiger partial charge in [0, 0.05) is 31.2 Å². The minimum Gasteiger partial charge on any atom is -0.493 e. The molecule has 1 aromatic carbocycles. The SMILES string of the molecule is COc1cccc(CN(Cc2nc(C(=O)NCCN(C)C)co2)C(C)C)c1OC.